The highest BCUT2D eigenvalue weighted by Gasteiger charge is 2.34. The zero-order valence-corrected chi connectivity index (χ0v) is 15.3. The number of thiophene rings is 2. The molecule has 3 heterocycles. The van der Waals surface area contributed by atoms with Gasteiger partial charge in [0, 0.05) is 10.9 Å². The molecule has 0 atom stereocenters. The van der Waals surface area contributed by atoms with Crippen molar-refractivity contribution in [3.8, 4) is 0 Å². The van der Waals surface area contributed by atoms with E-state index >= 15 is 0 Å². The van der Waals surface area contributed by atoms with E-state index in [4.69, 9.17) is 0 Å². The molecule has 25 heavy (non-hydrogen) atoms. The molecular weight excluding hydrogens is 379 g/mol. The lowest BCUT2D eigenvalue weighted by atomic mass is 10.1. The summed E-state index contributed by atoms with van der Waals surface area (Å²) < 4.78 is 42.6. The van der Waals surface area contributed by atoms with E-state index in [1.54, 1.807) is 36.4 Å². The van der Waals surface area contributed by atoms with Crippen molar-refractivity contribution >= 4 is 55.4 Å². The molecular formula is C18H12F2NOPS2. The van der Waals surface area contributed by atoms with Gasteiger partial charge in [-0.2, -0.15) is 0 Å². The number of aromatic nitrogens is 1. The normalized spacial score (nSPS) is 12.1. The standard InChI is InChI=1S/C18H12F2NOPS2/c19-18(20)13-11-15(21-14-6-2-1-5-12(13)14)23(22,16-7-3-9-24-16)17-8-4-10-25-17/h1-11,18H. The van der Waals surface area contributed by atoms with Gasteiger partial charge in [0.1, 0.15) is 5.44 Å². The van der Waals surface area contributed by atoms with Crippen molar-refractivity contribution in [2.45, 2.75) is 6.43 Å². The van der Waals surface area contributed by atoms with Gasteiger partial charge in [-0.05, 0) is 35.0 Å². The van der Waals surface area contributed by atoms with Crippen LogP contribution in [0.1, 0.15) is 12.0 Å². The fraction of sp³-hybridized carbons (Fsp3) is 0.0556. The van der Waals surface area contributed by atoms with Crippen molar-refractivity contribution in [3.63, 3.8) is 0 Å². The number of halogens is 2. The number of fused-ring (bicyclic) bond motifs is 1. The first-order valence-electron chi connectivity index (χ1n) is 7.47. The largest absolute Gasteiger partial charge is 0.305 e. The quantitative estimate of drug-likeness (QED) is 0.462. The first-order valence-corrected chi connectivity index (χ1v) is 10.9. The van der Waals surface area contributed by atoms with Crippen molar-refractivity contribution in [1.82, 2.24) is 4.98 Å². The van der Waals surface area contributed by atoms with E-state index in [0.717, 1.165) is 0 Å². The number of para-hydroxylation sites is 1. The highest BCUT2D eigenvalue weighted by molar-refractivity contribution is 7.92. The Bertz CT molecular complexity index is 1020. The van der Waals surface area contributed by atoms with Gasteiger partial charge in [0.15, 0.2) is 0 Å². The Morgan fingerprint density at radius 3 is 2.12 bits per heavy atom. The third kappa shape index (κ3) is 2.74. The van der Waals surface area contributed by atoms with Gasteiger partial charge in [-0.15, -0.1) is 22.7 Å². The topological polar surface area (TPSA) is 30.0 Å². The fourth-order valence-electron chi connectivity index (χ4n) is 2.76. The molecule has 1 aromatic carbocycles. The summed E-state index contributed by atoms with van der Waals surface area (Å²) in [5, 5.41) is 4.07. The molecule has 0 radical (unpaired) electrons. The van der Waals surface area contributed by atoms with Crippen molar-refractivity contribution in [2.24, 2.45) is 0 Å². The molecule has 0 aliphatic rings. The van der Waals surface area contributed by atoms with Gasteiger partial charge in [-0.1, -0.05) is 30.3 Å². The summed E-state index contributed by atoms with van der Waals surface area (Å²) in [7, 11) is -3.26. The van der Waals surface area contributed by atoms with Gasteiger partial charge in [-0.25, -0.2) is 13.8 Å². The van der Waals surface area contributed by atoms with Crippen LogP contribution in [0, 0.1) is 0 Å². The molecule has 0 amide bonds. The number of nitrogens with zero attached hydrogens (tertiary/aromatic N) is 1. The summed E-state index contributed by atoms with van der Waals surface area (Å²) >= 11 is 2.72. The summed E-state index contributed by atoms with van der Waals surface area (Å²) in [6, 6.07) is 15.3. The third-order valence-corrected chi connectivity index (χ3v) is 9.86. The molecule has 0 fully saturated rings. The number of hydrogen-bond donors (Lipinski definition) is 0. The summed E-state index contributed by atoms with van der Waals surface area (Å²) in [6.07, 6.45) is -2.66. The third-order valence-electron chi connectivity index (χ3n) is 3.93. The molecule has 0 saturated heterocycles. The molecule has 0 aliphatic carbocycles. The molecule has 7 heteroatoms. The molecule has 0 bridgehead atoms. The molecule has 3 aromatic heterocycles. The van der Waals surface area contributed by atoms with Crippen LogP contribution < -0.4 is 14.7 Å². The smallest absolute Gasteiger partial charge is 0.264 e. The van der Waals surface area contributed by atoms with Crippen LogP contribution in [0.3, 0.4) is 0 Å². The molecule has 4 aromatic rings. The Kier molecular flexibility index (Phi) is 4.28. The molecule has 4 rings (SSSR count). The maximum absolute atomic E-state index is 14.1. The van der Waals surface area contributed by atoms with Crippen molar-refractivity contribution in [2.75, 3.05) is 0 Å². The number of pyridine rings is 1. The van der Waals surface area contributed by atoms with Crippen LogP contribution in [0.2, 0.25) is 0 Å². The van der Waals surface area contributed by atoms with Crippen molar-refractivity contribution in [1.29, 1.82) is 0 Å². The predicted molar refractivity (Wildman–Crippen MR) is 102 cm³/mol. The lowest BCUT2D eigenvalue weighted by Crippen LogP contribution is -2.24. The van der Waals surface area contributed by atoms with Gasteiger partial charge in [0.25, 0.3) is 6.43 Å². The molecule has 0 N–H and O–H groups in total. The monoisotopic (exact) mass is 391 g/mol. The van der Waals surface area contributed by atoms with E-state index in [2.05, 4.69) is 4.98 Å². The number of hydrogen-bond acceptors (Lipinski definition) is 4. The highest BCUT2D eigenvalue weighted by atomic mass is 32.1. The van der Waals surface area contributed by atoms with Gasteiger partial charge >= 0.3 is 0 Å². The van der Waals surface area contributed by atoms with E-state index in [9.17, 15) is 13.3 Å². The van der Waals surface area contributed by atoms with E-state index in [1.165, 1.54) is 28.7 Å². The zero-order valence-electron chi connectivity index (χ0n) is 12.8. The Balaban J connectivity index is 2.05. The average Bonchev–Trinajstić information content (AvgIpc) is 3.33. The summed E-state index contributed by atoms with van der Waals surface area (Å²) in [5.74, 6) is 0. The van der Waals surface area contributed by atoms with Gasteiger partial charge in [-0.3, -0.25) is 0 Å². The fourth-order valence-corrected chi connectivity index (χ4v) is 8.38. The predicted octanol–water partition coefficient (Wildman–Crippen LogP) is 4.93. The van der Waals surface area contributed by atoms with Crippen LogP contribution in [0.25, 0.3) is 10.9 Å². The van der Waals surface area contributed by atoms with Crippen molar-refractivity contribution < 1.29 is 13.3 Å². The summed E-state index contributed by atoms with van der Waals surface area (Å²) in [6.45, 7) is 0. The molecule has 0 spiro atoms. The number of alkyl halides is 2. The maximum Gasteiger partial charge on any atom is 0.264 e. The Hall–Kier alpha value is -1.88. The Morgan fingerprint density at radius 2 is 1.56 bits per heavy atom. The highest BCUT2D eigenvalue weighted by Crippen LogP contribution is 2.45. The van der Waals surface area contributed by atoms with E-state index < -0.39 is 13.6 Å². The molecule has 0 aliphatic heterocycles. The first kappa shape index (κ1) is 16.6. The van der Waals surface area contributed by atoms with Crippen LogP contribution in [-0.2, 0) is 4.57 Å². The summed E-state index contributed by atoms with van der Waals surface area (Å²) in [5.41, 5.74) is 0.518. The van der Waals surface area contributed by atoms with E-state index in [-0.39, 0.29) is 11.0 Å². The van der Waals surface area contributed by atoms with Crippen LogP contribution in [0.5, 0.6) is 0 Å². The molecule has 2 nitrogen and oxygen atoms in total. The minimum absolute atomic E-state index is 0.131. The van der Waals surface area contributed by atoms with Crippen LogP contribution in [0.15, 0.2) is 65.4 Å². The zero-order chi connectivity index (χ0) is 17.4. The second-order valence-corrected chi connectivity index (χ2v) is 10.5. The lowest BCUT2D eigenvalue weighted by molar-refractivity contribution is 0.153. The number of benzene rings is 1. The van der Waals surface area contributed by atoms with Gasteiger partial charge in [0.05, 0.1) is 14.8 Å². The Morgan fingerprint density at radius 1 is 0.920 bits per heavy atom. The van der Waals surface area contributed by atoms with E-state index in [0.29, 0.717) is 20.1 Å². The number of rotatable bonds is 4. The van der Waals surface area contributed by atoms with Crippen LogP contribution in [-0.4, -0.2) is 4.98 Å². The second-order valence-electron chi connectivity index (χ2n) is 5.40. The van der Waals surface area contributed by atoms with Crippen LogP contribution in [0.4, 0.5) is 8.78 Å². The van der Waals surface area contributed by atoms with Gasteiger partial charge < -0.3 is 4.57 Å². The lowest BCUT2D eigenvalue weighted by Gasteiger charge is -2.17. The van der Waals surface area contributed by atoms with Crippen LogP contribution >= 0.6 is 29.8 Å². The molecule has 126 valence electrons. The minimum Gasteiger partial charge on any atom is -0.305 e. The molecule has 0 saturated carbocycles. The van der Waals surface area contributed by atoms with E-state index in [1.807, 2.05) is 22.9 Å². The average molecular weight is 391 g/mol. The molecule has 0 unspecified atom stereocenters. The van der Waals surface area contributed by atoms with Gasteiger partial charge in [0.2, 0.25) is 7.14 Å². The summed E-state index contributed by atoms with van der Waals surface area (Å²) in [4.78, 5) is 4.52. The SMILES string of the molecule is O=P(c1cc(C(F)F)c2ccccc2n1)(c1cccs1)c1cccs1. The Labute approximate surface area is 151 Å². The van der Waals surface area contributed by atoms with Crippen molar-refractivity contribution in [3.05, 3.63) is 70.9 Å². The maximum atomic E-state index is 14.1. The first-order chi connectivity index (χ1) is 12.1. The minimum atomic E-state index is -3.26. The second kappa shape index (κ2) is 6.45.